The molecule has 0 saturated carbocycles. The number of aliphatic hydroxyl groups excluding tert-OH is 7. The molecule has 0 aromatic rings. The van der Waals surface area contributed by atoms with E-state index < -0.39 is 74.2 Å². The van der Waals surface area contributed by atoms with Gasteiger partial charge in [0.15, 0.2) is 6.29 Å². The highest BCUT2D eigenvalue weighted by molar-refractivity contribution is 5.80. The van der Waals surface area contributed by atoms with Crippen LogP contribution in [0.1, 0.15) is 206 Å². The van der Waals surface area contributed by atoms with Gasteiger partial charge in [0.1, 0.15) is 42.7 Å². The van der Waals surface area contributed by atoms with Crippen molar-refractivity contribution in [3.63, 3.8) is 0 Å². The molecule has 0 aliphatic carbocycles. The van der Waals surface area contributed by atoms with Crippen molar-refractivity contribution < 1.29 is 60.2 Å². The lowest BCUT2D eigenvalue weighted by molar-refractivity contribution is -0.303. The first kappa shape index (κ1) is 58.5. The summed E-state index contributed by atoms with van der Waals surface area (Å²) in [5.41, 5.74) is 0. The molecule has 10 atom stereocenters. The summed E-state index contributed by atoms with van der Waals surface area (Å²) in [7, 11) is 0. The molecule has 0 bridgehead atoms. The molecule has 13 nitrogen and oxygen atoms in total. The molecule has 1 amide bonds. The van der Waals surface area contributed by atoms with Gasteiger partial charge in [0, 0.05) is 0 Å². The van der Waals surface area contributed by atoms with E-state index in [1.165, 1.54) is 70.6 Å². The number of nitrogens with one attached hydrogen (secondary N) is 1. The highest BCUT2D eigenvalue weighted by atomic mass is 17.1. The number of hydrogen-bond acceptors (Lipinski definition) is 12. The minimum Gasteiger partial charge on any atom is -0.394 e. The predicted octanol–water partition coefficient (Wildman–Crippen LogP) is 8.08. The first-order valence-electron chi connectivity index (χ1n) is 25.0. The number of amides is 1. The fourth-order valence-electron chi connectivity index (χ4n) is 7.94. The summed E-state index contributed by atoms with van der Waals surface area (Å²) in [6.07, 6.45) is 27.9. The summed E-state index contributed by atoms with van der Waals surface area (Å²) in [6.45, 7) is 3.32. The molecule has 9 N–H and O–H groups in total. The summed E-state index contributed by atoms with van der Waals surface area (Å²) in [5.74, 6) is -0.718. The van der Waals surface area contributed by atoms with Crippen molar-refractivity contribution in [1.29, 1.82) is 0 Å². The van der Waals surface area contributed by atoms with Crippen molar-refractivity contribution >= 4 is 5.91 Å². The molecule has 1 rings (SSSR count). The molecule has 62 heavy (non-hydrogen) atoms. The lowest BCUT2D eigenvalue weighted by atomic mass is 9.98. The van der Waals surface area contributed by atoms with Crippen LogP contribution in [0.2, 0.25) is 0 Å². The Morgan fingerprint density at radius 1 is 0.613 bits per heavy atom. The summed E-state index contributed by atoms with van der Waals surface area (Å²) in [4.78, 5) is 17.7. The first-order valence-corrected chi connectivity index (χ1v) is 25.0. The van der Waals surface area contributed by atoms with Crippen molar-refractivity contribution in [2.75, 3.05) is 13.2 Å². The molecule has 0 spiro atoms. The number of carbonyl (C=O) groups excluding carboxylic acids is 1. The zero-order valence-corrected chi connectivity index (χ0v) is 38.9. The number of carbonyl (C=O) groups is 1. The monoisotopic (exact) mass is 888 g/mol. The third-order valence-electron chi connectivity index (χ3n) is 12.2. The lowest BCUT2D eigenvalue weighted by Gasteiger charge is -2.40. The van der Waals surface area contributed by atoms with Crippen LogP contribution >= 0.6 is 0 Å². The molecule has 0 radical (unpaired) electrons. The zero-order chi connectivity index (χ0) is 45.6. The van der Waals surface area contributed by atoms with Gasteiger partial charge in [0.05, 0.1) is 25.4 Å². The number of ether oxygens (including phenoxy) is 2. The topological polar surface area (TPSA) is 219 Å². The lowest BCUT2D eigenvalue weighted by Crippen LogP contribution is -2.60. The second kappa shape index (κ2) is 39.8. The van der Waals surface area contributed by atoms with Crippen LogP contribution < -0.4 is 5.32 Å². The molecule has 13 heteroatoms. The third kappa shape index (κ3) is 28.4. The summed E-state index contributed by atoms with van der Waals surface area (Å²) < 4.78 is 11.1. The van der Waals surface area contributed by atoms with E-state index in [0.29, 0.717) is 12.8 Å². The minimum atomic E-state index is -1.67. The molecule has 0 aromatic heterocycles. The Hall–Kier alpha value is -1.49. The van der Waals surface area contributed by atoms with Crippen LogP contribution in [-0.2, 0) is 19.2 Å². The Balaban J connectivity index is 2.42. The highest BCUT2D eigenvalue weighted by Gasteiger charge is 2.44. The minimum absolute atomic E-state index is 0.202. The van der Waals surface area contributed by atoms with Gasteiger partial charge in [-0.15, -0.1) is 0 Å². The van der Waals surface area contributed by atoms with E-state index in [1.807, 2.05) is 6.08 Å². The summed E-state index contributed by atoms with van der Waals surface area (Å²) in [6, 6.07) is -1.19. The standard InChI is InChI=1S/C49H93NO12/c1-3-5-7-9-10-11-12-13-14-18-21-24-27-31-35-41(52)44(54)40(38-60-49-47(57)46(56)45(55)43(37-51)61-49)50-48(58)42(53)36-32-28-25-22-19-16-15-17-20-23-26-30-34-39(62-59)33-29-8-6-4-2/h11-12,30,34,39-47,49,51-57,59H,3-10,13-29,31-33,35-38H2,1-2H3,(H,50,58)/b12-11-,34-30+/t39?,40-,41+,42+,43+,44-,45+,46-,47+,49+/m0/s1. The molecular weight excluding hydrogens is 795 g/mol. The predicted molar refractivity (Wildman–Crippen MR) is 245 cm³/mol. The number of unbranched alkanes of at least 4 members (excludes halogenated alkanes) is 23. The van der Waals surface area contributed by atoms with Crippen LogP contribution in [0.15, 0.2) is 24.3 Å². The fraction of sp³-hybridized carbons (Fsp3) is 0.898. The van der Waals surface area contributed by atoms with Crippen LogP contribution in [0.5, 0.6) is 0 Å². The van der Waals surface area contributed by atoms with Gasteiger partial charge in [0.2, 0.25) is 5.91 Å². The first-order chi connectivity index (χ1) is 30.1. The van der Waals surface area contributed by atoms with Crippen molar-refractivity contribution in [1.82, 2.24) is 5.32 Å². The largest absolute Gasteiger partial charge is 0.394 e. The SMILES string of the molecule is CCCCCC/C=C\CCCCCCCC[C@@H](O)[C@@H](O)[C@H](CO[C@@H]1O[C@H](CO)[C@@H](O)[C@H](O)[C@H]1O)NC(=O)[C@H](O)CCCCCCCCCCCC/C=C/C(CCCCCC)OO. The maximum atomic E-state index is 13.1. The van der Waals surface area contributed by atoms with E-state index in [0.717, 1.165) is 96.3 Å². The average molecular weight is 888 g/mol. The molecule has 1 saturated heterocycles. The Kier molecular flexibility index (Phi) is 37.6. The quantitative estimate of drug-likeness (QED) is 0.0123. The Bertz CT molecular complexity index is 1080. The van der Waals surface area contributed by atoms with Crippen LogP contribution in [0, 0.1) is 0 Å². The second-order valence-corrected chi connectivity index (χ2v) is 17.8. The Morgan fingerprint density at radius 3 is 1.61 bits per heavy atom. The number of hydrogen-bond donors (Lipinski definition) is 9. The second-order valence-electron chi connectivity index (χ2n) is 17.8. The van der Waals surface area contributed by atoms with Crippen molar-refractivity contribution in [3.05, 3.63) is 24.3 Å². The van der Waals surface area contributed by atoms with Gasteiger partial charge >= 0.3 is 0 Å². The van der Waals surface area contributed by atoms with Crippen LogP contribution in [0.25, 0.3) is 0 Å². The van der Waals surface area contributed by atoms with E-state index in [-0.39, 0.29) is 18.9 Å². The molecule has 1 heterocycles. The maximum Gasteiger partial charge on any atom is 0.249 e. The van der Waals surface area contributed by atoms with Gasteiger partial charge in [0.25, 0.3) is 0 Å². The van der Waals surface area contributed by atoms with Crippen LogP contribution in [0.3, 0.4) is 0 Å². The molecule has 1 aliphatic rings. The molecule has 1 aliphatic heterocycles. The van der Waals surface area contributed by atoms with Gasteiger partial charge in [-0.1, -0.05) is 173 Å². The van der Waals surface area contributed by atoms with Crippen molar-refractivity contribution in [3.8, 4) is 0 Å². The molecular formula is C49H93NO12. The van der Waals surface area contributed by atoms with E-state index in [4.69, 9.17) is 14.7 Å². The Morgan fingerprint density at radius 2 is 1.08 bits per heavy atom. The van der Waals surface area contributed by atoms with Crippen LogP contribution in [-0.4, -0.2) is 121 Å². The number of allylic oxidation sites excluding steroid dienone is 3. The summed E-state index contributed by atoms with van der Waals surface area (Å²) >= 11 is 0. The van der Waals surface area contributed by atoms with E-state index in [2.05, 4.69) is 42.3 Å². The summed E-state index contributed by atoms with van der Waals surface area (Å²) in [5, 5.41) is 84.9. The van der Waals surface area contributed by atoms with Gasteiger partial charge in [-0.25, -0.2) is 4.89 Å². The molecule has 1 unspecified atom stereocenters. The van der Waals surface area contributed by atoms with Crippen LogP contribution in [0.4, 0.5) is 0 Å². The molecule has 366 valence electrons. The smallest absolute Gasteiger partial charge is 0.249 e. The average Bonchev–Trinajstić information content (AvgIpc) is 3.27. The number of aliphatic hydroxyl groups is 7. The van der Waals surface area contributed by atoms with E-state index >= 15 is 0 Å². The molecule has 0 aromatic carbocycles. The van der Waals surface area contributed by atoms with Gasteiger partial charge < -0.3 is 50.5 Å². The molecule has 1 fully saturated rings. The Labute approximate surface area is 375 Å². The maximum absolute atomic E-state index is 13.1. The van der Waals surface area contributed by atoms with Gasteiger partial charge in [-0.05, 0) is 57.8 Å². The van der Waals surface area contributed by atoms with Crippen molar-refractivity contribution in [2.24, 2.45) is 0 Å². The fourth-order valence-corrected chi connectivity index (χ4v) is 7.94. The van der Waals surface area contributed by atoms with E-state index in [9.17, 15) is 40.5 Å². The van der Waals surface area contributed by atoms with Crippen molar-refractivity contribution in [2.45, 2.75) is 268 Å². The van der Waals surface area contributed by atoms with Gasteiger partial charge in [-0.2, -0.15) is 0 Å². The third-order valence-corrected chi connectivity index (χ3v) is 12.2. The van der Waals surface area contributed by atoms with E-state index in [1.54, 1.807) is 0 Å². The normalized spacial score (nSPS) is 22.0. The zero-order valence-electron chi connectivity index (χ0n) is 38.9. The van der Waals surface area contributed by atoms with Gasteiger partial charge in [-0.3, -0.25) is 10.1 Å². The number of rotatable bonds is 42. The highest BCUT2D eigenvalue weighted by Crippen LogP contribution is 2.23.